The number of carbonyl (C=O) groups excluding carboxylic acids is 1. The molecule has 23 heavy (non-hydrogen) atoms. The van der Waals surface area contributed by atoms with Crippen LogP contribution in [0.25, 0.3) is 0 Å². The minimum Gasteiger partial charge on any atom is -0.480 e. The van der Waals surface area contributed by atoms with Gasteiger partial charge < -0.3 is 15.7 Å². The average Bonchev–Trinajstić information content (AvgIpc) is 3.08. The van der Waals surface area contributed by atoms with Crippen LogP contribution in [-0.4, -0.2) is 53.7 Å². The van der Waals surface area contributed by atoms with Crippen molar-refractivity contribution in [2.45, 2.75) is 57.5 Å². The molecule has 0 heterocycles. The average molecular weight is 323 g/mol. The summed E-state index contributed by atoms with van der Waals surface area (Å²) < 4.78 is 0. The number of nitrogens with zero attached hydrogens (tertiary/aromatic N) is 1. The number of carboxylic acid groups (broad SMARTS) is 1. The number of hydrogen-bond acceptors (Lipinski definition) is 3. The van der Waals surface area contributed by atoms with Crippen molar-refractivity contribution in [3.63, 3.8) is 0 Å². The highest BCUT2D eigenvalue weighted by Crippen LogP contribution is 2.47. The Bertz CT molecular complexity index is 450. The van der Waals surface area contributed by atoms with E-state index in [0.717, 1.165) is 37.8 Å². The molecule has 0 aromatic heterocycles. The second kappa shape index (κ2) is 7.07. The lowest BCUT2D eigenvalue weighted by Crippen LogP contribution is -2.56. The number of hydrogen-bond donors (Lipinski definition) is 3. The predicted molar refractivity (Wildman–Crippen MR) is 87.2 cm³/mol. The van der Waals surface area contributed by atoms with Crippen LogP contribution in [-0.2, 0) is 4.79 Å². The molecule has 0 spiro atoms. The molecule has 3 aliphatic rings. The molecule has 0 aromatic carbocycles. The van der Waals surface area contributed by atoms with Crippen LogP contribution >= 0.6 is 0 Å². The van der Waals surface area contributed by atoms with Gasteiger partial charge in [0.15, 0.2) is 0 Å². The fraction of sp³-hybridized carbons (Fsp3) is 0.882. The molecule has 2 bridgehead atoms. The van der Waals surface area contributed by atoms with Crippen molar-refractivity contribution >= 4 is 12.0 Å². The van der Waals surface area contributed by atoms with Gasteiger partial charge in [0, 0.05) is 18.6 Å². The van der Waals surface area contributed by atoms with E-state index in [9.17, 15) is 9.59 Å². The standard InChI is InChI=1S/C17H29N3O3/c1-2-20(10-16(21)22)15-7-14(8-15)19-17(23)18-9-13-6-11-3-4-12(13)5-11/h11-15H,2-10H2,1H3,(H,21,22)(H2,18,19,23). The third-order valence-corrected chi connectivity index (χ3v) is 6.12. The van der Waals surface area contributed by atoms with Crippen molar-refractivity contribution in [2.75, 3.05) is 19.6 Å². The first-order chi connectivity index (χ1) is 11.0. The van der Waals surface area contributed by atoms with Crippen molar-refractivity contribution in [1.82, 2.24) is 15.5 Å². The Hall–Kier alpha value is -1.30. The second-order valence-electron chi connectivity index (χ2n) is 7.57. The number of fused-ring (bicyclic) bond motifs is 2. The SMILES string of the molecule is CCN(CC(=O)O)C1CC(NC(=O)NCC2CC3CCC2C3)C1. The molecule has 3 atom stereocenters. The Morgan fingerprint density at radius 3 is 2.52 bits per heavy atom. The fourth-order valence-corrected chi connectivity index (χ4v) is 4.76. The summed E-state index contributed by atoms with van der Waals surface area (Å²) in [7, 11) is 0. The summed E-state index contributed by atoms with van der Waals surface area (Å²) in [5.41, 5.74) is 0. The van der Waals surface area contributed by atoms with Gasteiger partial charge in [0.1, 0.15) is 0 Å². The molecular weight excluding hydrogens is 294 g/mol. The minimum atomic E-state index is -0.785. The second-order valence-corrected chi connectivity index (χ2v) is 7.57. The summed E-state index contributed by atoms with van der Waals surface area (Å²) in [6, 6.07) is 0.410. The summed E-state index contributed by atoms with van der Waals surface area (Å²) in [4.78, 5) is 24.8. The highest BCUT2D eigenvalue weighted by Gasteiger charge is 2.39. The largest absolute Gasteiger partial charge is 0.480 e. The van der Waals surface area contributed by atoms with E-state index in [4.69, 9.17) is 5.11 Å². The van der Waals surface area contributed by atoms with Gasteiger partial charge in [-0.05, 0) is 56.4 Å². The van der Waals surface area contributed by atoms with Crippen molar-refractivity contribution in [3.8, 4) is 0 Å². The third kappa shape index (κ3) is 3.97. The zero-order chi connectivity index (χ0) is 16.4. The maximum absolute atomic E-state index is 12.0. The lowest BCUT2D eigenvalue weighted by molar-refractivity contribution is -0.139. The quantitative estimate of drug-likeness (QED) is 0.665. The molecule has 3 fully saturated rings. The van der Waals surface area contributed by atoms with Gasteiger partial charge in [-0.2, -0.15) is 0 Å². The minimum absolute atomic E-state index is 0.0579. The highest BCUT2D eigenvalue weighted by molar-refractivity contribution is 5.74. The van der Waals surface area contributed by atoms with Gasteiger partial charge in [0.05, 0.1) is 6.54 Å². The summed E-state index contributed by atoms with van der Waals surface area (Å²) in [5, 5.41) is 15.0. The maximum Gasteiger partial charge on any atom is 0.317 e. The van der Waals surface area contributed by atoms with E-state index in [1.807, 2.05) is 11.8 Å². The Kier molecular flexibility index (Phi) is 5.09. The molecule has 130 valence electrons. The Morgan fingerprint density at radius 1 is 1.17 bits per heavy atom. The first-order valence-electron chi connectivity index (χ1n) is 9.05. The zero-order valence-corrected chi connectivity index (χ0v) is 14.0. The summed E-state index contributed by atoms with van der Waals surface area (Å²) in [5.74, 6) is 1.64. The van der Waals surface area contributed by atoms with Gasteiger partial charge in [0.25, 0.3) is 0 Å². The number of aliphatic carboxylic acids is 1. The Labute approximate surface area is 138 Å². The van der Waals surface area contributed by atoms with Gasteiger partial charge in [-0.3, -0.25) is 9.69 Å². The lowest BCUT2D eigenvalue weighted by atomic mass is 9.85. The van der Waals surface area contributed by atoms with Crippen LogP contribution < -0.4 is 10.6 Å². The van der Waals surface area contributed by atoms with Crippen molar-refractivity contribution in [1.29, 1.82) is 0 Å². The van der Waals surface area contributed by atoms with E-state index in [1.165, 1.54) is 25.7 Å². The van der Waals surface area contributed by atoms with Crippen molar-refractivity contribution < 1.29 is 14.7 Å². The first-order valence-corrected chi connectivity index (χ1v) is 9.05. The molecule has 0 aromatic rings. The molecule has 0 radical (unpaired) electrons. The van der Waals surface area contributed by atoms with E-state index < -0.39 is 5.97 Å². The molecule has 3 N–H and O–H groups in total. The number of carbonyl (C=O) groups is 2. The predicted octanol–water partition coefficient (Wildman–Crippen LogP) is 1.66. The number of nitrogens with one attached hydrogen (secondary N) is 2. The summed E-state index contributed by atoms with van der Waals surface area (Å²) >= 11 is 0. The summed E-state index contributed by atoms with van der Waals surface area (Å²) in [6.07, 6.45) is 7.09. The number of likely N-dealkylation sites (N-methyl/N-ethyl adjacent to an activating group) is 1. The molecule has 6 nitrogen and oxygen atoms in total. The third-order valence-electron chi connectivity index (χ3n) is 6.12. The summed E-state index contributed by atoms with van der Waals surface area (Å²) in [6.45, 7) is 3.61. The van der Waals surface area contributed by atoms with E-state index in [2.05, 4.69) is 10.6 Å². The van der Waals surface area contributed by atoms with Crippen molar-refractivity contribution in [2.24, 2.45) is 17.8 Å². The van der Waals surface area contributed by atoms with E-state index in [-0.39, 0.29) is 24.7 Å². The fourth-order valence-electron chi connectivity index (χ4n) is 4.76. The number of amides is 2. The molecule has 3 saturated carbocycles. The van der Waals surface area contributed by atoms with Crippen LogP contribution in [0.2, 0.25) is 0 Å². The number of carboxylic acids is 1. The van der Waals surface area contributed by atoms with Gasteiger partial charge in [-0.1, -0.05) is 13.3 Å². The molecule has 0 saturated heterocycles. The first kappa shape index (κ1) is 16.6. The maximum atomic E-state index is 12.0. The van der Waals surface area contributed by atoms with Crippen LogP contribution in [0.3, 0.4) is 0 Å². The van der Waals surface area contributed by atoms with Gasteiger partial charge in [-0.25, -0.2) is 4.79 Å². The van der Waals surface area contributed by atoms with Crippen LogP contribution in [0.1, 0.15) is 45.4 Å². The number of urea groups is 1. The molecular formula is C17H29N3O3. The molecule has 6 heteroatoms. The highest BCUT2D eigenvalue weighted by atomic mass is 16.4. The molecule has 3 aliphatic carbocycles. The Morgan fingerprint density at radius 2 is 1.96 bits per heavy atom. The lowest BCUT2D eigenvalue weighted by Gasteiger charge is -2.42. The smallest absolute Gasteiger partial charge is 0.317 e. The molecule has 3 rings (SSSR count). The van der Waals surface area contributed by atoms with Crippen LogP contribution in [0.5, 0.6) is 0 Å². The van der Waals surface area contributed by atoms with Crippen LogP contribution in [0.4, 0.5) is 4.79 Å². The number of rotatable bonds is 7. The van der Waals surface area contributed by atoms with Crippen LogP contribution in [0, 0.1) is 17.8 Å². The van der Waals surface area contributed by atoms with Crippen LogP contribution in [0.15, 0.2) is 0 Å². The molecule has 3 unspecified atom stereocenters. The van der Waals surface area contributed by atoms with Gasteiger partial charge in [0.2, 0.25) is 0 Å². The van der Waals surface area contributed by atoms with Gasteiger partial charge in [-0.15, -0.1) is 0 Å². The Balaban J connectivity index is 1.32. The molecule has 0 aliphatic heterocycles. The molecule has 2 amide bonds. The van der Waals surface area contributed by atoms with Gasteiger partial charge >= 0.3 is 12.0 Å². The van der Waals surface area contributed by atoms with Crippen molar-refractivity contribution in [3.05, 3.63) is 0 Å². The monoisotopic (exact) mass is 323 g/mol. The topological polar surface area (TPSA) is 81.7 Å². The van der Waals surface area contributed by atoms with E-state index in [1.54, 1.807) is 0 Å². The van der Waals surface area contributed by atoms with E-state index in [0.29, 0.717) is 5.92 Å². The normalized spacial score (nSPS) is 35.1. The van der Waals surface area contributed by atoms with E-state index >= 15 is 0 Å². The zero-order valence-electron chi connectivity index (χ0n) is 14.0.